The van der Waals surface area contributed by atoms with Gasteiger partial charge >= 0.3 is 5.97 Å². The summed E-state index contributed by atoms with van der Waals surface area (Å²) in [5.74, 6) is -0.945. The molecule has 0 atom stereocenters. The molecular weight excluding hydrogens is 440 g/mol. The predicted molar refractivity (Wildman–Crippen MR) is 126 cm³/mol. The van der Waals surface area contributed by atoms with E-state index >= 15 is 0 Å². The molecule has 33 heavy (non-hydrogen) atoms. The number of amides is 1. The number of aryl methyl sites for hydroxylation is 1. The third kappa shape index (κ3) is 6.50. The van der Waals surface area contributed by atoms with E-state index in [4.69, 9.17) is 4.74 Å². The van der Waals surface area contributed by atoms with Crippen molar-refractivity contribution in [2.75, 3.05) is 18.5 Å². The average Bonchev–Trinajstić information content (AvgIpc) is 2.81. The summed E-state index contributed by atoms with van der Waals surface area (Å²) in [5, 5.41) is 2.69. The number of nitrogens with one attached hydrogen (secondary N) is 1. The third-order valence-electron chi connectivity index (χ3n) is 4.86. The fourth-order valence-corrected chi connectivity index (χ4v) is 4.53. The first-order chi connectivity index (χ1) is 15.8. The van der Waals surface area contributed by atoms with Crippen molar-refractivity contribution in [1.82, 2.24) is 4.31 Å². The maximum atomic E-state index is 13.3. The molecule has 0 unspecified atom stereocenters. The highest BCUT2D eigenvalue weighted by atomic mass is 32.2. The number of ether oxygens (including phenoxy) is 1. The van der Waals surface area contributed by atoms with Gasteiger partial charge in [-0.1, -0.05) is 48.0 Å². The summed E-state index contributed by atoms with van der Waals surface area (Å²) in [4.78, 5) is 24.7. The quantitative estimate of drug-likeness (QED) is 0.481. The molecule has 1 N–H and O–H groups in total. The number of hydrogen-bond donors (Lipinski definition) is 1. The second kappa shape index (κ2) is 10.9. The lowest BCUT2D eigenvalue weighted by molar-refractivity contribution is -0.116. The maximum absolute atomic E-state index is 13.3. The monoisotopic (exact) mass is 466 g/mol. The summed E-state index contributed by atoms with van der Waals surface area (Å²) in [6.45, 7) is 3.61. The molecule has 0 radical (unpaired) electrons. The minimum atomic E-state index is -3.91. The lowest BCUT2D eigenvalue weighted by atomic mass is 10.1. The second-order valence-corrected chi connectivity index (χ2v) is 9.36. The Labute approximate surface area is 194 Å². The Balaban J connectivity index is 1.78. The molecule has 0 aromatic heterocycles. The summed E-state index contributed by atoms with van der Waals surface area (Å²) in [6, 6.07) is 21.7. The zero-order valence-corrected chi connectivity index (χ0v) is 19.3. The van der Waals surface area contributed by atoms with Crippen molar-refractivity contribution in [3.8, 4) is 0 Å². The van der Waals surface area contributed by atoms with E-state index in [0.717, 1.165) is 15.4 Å². The van der Waals surface area contributed by atoms with Crippen LogP contribution in [0.5, 0.6) is 0 Å². The molecule has 3 aromatic rings. The molecule has 3 rings (SSSR count). The van der Waals surface area contributed by atoms with Gasteiger partial charge in [0.25, 0.3) is 0 Å². The summed E-state index contributed by atoms with van der Waals surface area (Å²) in [7, 11) is -3.91. The van der Waals surface area contributed by atoms with Crippen molar-refractivity contribution in [2.45, 2.75) is 25.3 Å². The Morgan fingerprint density at radius 3 is 2.15 bits per heavy atom. The predicted octanol–water partition coefficient (Wildman–Crippen LogP) is 4.00. The molecule has 1 amide bonds. The molecule has 7 nitrogen and oxygen atoms in total. The van der Waals surface area contributed by atoms with E-state index < -0.39 is 21.9 Å². The molecule has 8 heteroatoms. The van der Waals surface area contributed by atoms with Crippen molar-refractivity contribution in [2.24, 2.45) is 0 Å². The van der Waals surface area contributed by atoms with E-state index in [1.165, 1.54) is 12.1 Å². The third-order valence-corrected chi connectivity index (χ3v) is 6.67. The van der Waals surface area contributed by atoms with Gasteiger partial charge in [-0.2, -0.15) is 4.31 Å². The van der Waals surface area contributed by atoms with Gasteiger partial charge in [0, 0.05) is 12.2 Å². The van der Waals surface area contributed by atoms with Crippen LogP contribution in [0.4, 0.5) is 5.69 Å². The van der Waals surface area contributed by atoms with Crippen LogP contribution in [0.2, 0.25) is 0 Å². The van der Waals surface area contributed by atoms with Gasteiger partial charge in [0.2, 0.25) is 15.9 Å². The maximum Gasteiger partial charge on any atom is 0.338 e. The summed E-state index contributed by atoms with van der Waals surface area (Å²) < 4.78 is 32.6. The smallest absolute Gasteiger partial charge is 0.338 e. The minimum absolute atomic E-state index is 0.0483. The number of rotatable bonds is 9. The Morgan fingerprint density at radius 1 is 0.909 bits per heavy atom. The number of carbonyl (C=O) groups is 2. The summed E-state index contributed by atoms with van der Waals surface area (Å²) in [6.07, 6.45) is 0. The van der Waals surface area contributed by atoms with Crippen molar-refractivity contribution in [3.63, 3.8) is 0 Å². The molecule has 0 saturated carbocycles. The molecule has 0 aliphatic rings. The molecular formula is C25H26N2O5S. The van der Waals surface area contributed by atoms with Crippen LogP contribution in [0.15, 0.2) is 83.8 Å². The number of carbonyl (C=O) groups excluding carboxylic acids is 2. The highest BCUT2D eigenvalue weighted by Crippen LogP contribution is 2.19. The van der Waals surface area contributed by atoms with Gasteiger partial charge in [0.05, 0.1) is 23.6 Å². The molecule has 0 saturated heterocycles. The fourth-order valence-electron chi connectivity index (χ4n) is 3.13. The molecule has 0 aliphatic carbocycles. The summed E-state index contributed by atoms with van der Waals surface area (Å²) >= 11 is 0. The van der Waals surface area contributed by atoms with Gasteiger partial charge < -0.3 is 10.1 Å². The number of benzene rings is 3. The highest BCUT2D eigenvalue weighted by Gasteiger charge is 2.27. The first-order valence-electron chi connectivity index (χ1n) is 10.5. The highest BCUT2D eigenvalue weighted by molar-refractivity contribution is 7.89. The van der Waals surface area contributed by atoms with Gasteiger partial charge in [-0.05, 0) is 55.8 Å². The van der Waals surface area contributed by atoms with E-state index in [1.807, 2.05) is 31.2 Å². The molecule has 0 aliphatic heterocycles. The van der Waals surface area contributed by atoms with E-state index in [0.29, 0.717) is 11.3 Å². The molecule has 0 heterocycles. The zero-order chi connectivity index (χ0) is 23.8. The van der Waals surface area contributed by atoms with Gasteiger partial charge in [0.15, 0.2) is 0 Å². The molecule has 172 valence electrons. The van der Waals surface area contributed by atoms with Crippen molar-refractivity contribution in [1.29, 1.82) is 0 Å². The van der Waals surface area contributed by atoms with Crippen molar-refractivity contribution in [3.05, 3.63) is 95.6 Å². The van der Waals surface area contributed by atoms with Gasteiger partial charge in [0.1, 0.15) is 0 Å². The zero-order valence-electron chi connectivity index (χ0n) is 18.5. The van der Waals surface area contributed by atoms with Crippen LogP contribution in [0, 0.1) is 6.92 Å². The number of sulfonamides is 1. The average molecular weight is 467 g/mol. The van der Waals surface area contributed by atoms with E-state index in [9.17, 15) is 18.0 Å². The largest absolute Gasteiger partial charge is 0.462 e. The normalized spacial score (nSPS) is 11.2. The first kappa shape index (κ1) is 24.2. The van der Waals surface area contributed by atoms with Crippen LogP contribution in [-0.2, 0) is 26.1 Å². The van der Waals surface area contributed by atoms with E-state index in [2.05, 4.69) is 5.32 Å². The Morgan fingerprint density at radius 2 is 1.55 bits per heavy atom. The topological polar surface area (TPSA) is 92.8 Å². The Bertz CT molecular complexity index is 1190. The van der Waals surface area contributed by atoms with Gasteiger partial charge in [-0.15, -0.1) is 0 Å². The second-order valence-electron chi connectivity index (χ2n) is 7.42. The number of esters is 1. The molecule has 0 bridgehead atoms. The van der Waals surface area contributed by atoms with Crippen LogP contribution in [-0.4, -0.2) is 37.8 Å². The fraction of sp³-hybridized carbons (Fsp3) is 0.200. The molecule has 0 fully saturated rings. The SMILES string of the molecule is CCOC(=O)c1ccc(NC(=O)CN(Cc2ccc(C)cc2)S(=O)(=O)c2ccccc2)cc1. The van der Waals surface area contributed by atoms with Crippen LogP contribution in [0.1, 0.15) is 28.4 Å². The number of hydrogen-bond acceptors (Lipinski definition) is 5. The molecule has 0 spiro atoms. The lowest BCUT2D eigenvalue weighted by Crippen LogP contribution is -2.37. The Hall–Kier alpha value is -3.49. The van der Waals surface area contributed by atoms with Crippen LogP contribution < -0.4 is 5.32 Å². The first-order valence-corrected chi connectivity index (χ1v) is 11.9. The van der Waals surface area contributed by atoms with E-state index in [1.54, 1.807) is 49.4 Å². The van der Waals surface area contributed by atoms with E-state index in [-0.39, 0.29) is 24.6 Å². The minimum Gasteiger partial charge on any atom is -0.462 e. The van der Waals surface area contributed by atoms with Crippen molar-refractivity contribution >= 4 is 27.6 Å². The lowest BCUT2D eigenvalue weighted by Gasteiger charge is -2.22. The van der Waals surface area contributed by atoms with Gasteiger partial charge in [-0.3, -0.25) is 4.79 Å². The standard InChI is InChI=1S/C25H26N2O5S/c1-3-32-25(29)21-13-15-22(16-14-21)26-24(28)18-27(17-20-11-9-19(2)10-12-20)33(30,31)23-7-5-4-6-8-23/h4-16H,3,17-18H2,1-2H3,(H,26,28). The van der Waals surface area contributed by atoms with Crippen LogP contribution >= 0.6 is 0 Å². The van der Waals surface area contributed by atoms with Crippen LogP contribution in [0.25, 0.3) is 0 Å². The molecule has 3 aromatic carbocycles. The summed E-state index contributed by atoms with van der Waals surface area (Å²) in [5.41, 5.74) is 2.63. The van der Waals surface area contributed by atoms with Gasteiger partial charge in [-0.25, -0.2) is 13.2 Å². The number of nitrogens with zero attached hydrogens (tertiary/aromatic N) is 1. The number of anilines is 1. The Kier molecular flexibility index (Phi) is 7.97. The van der Waals surface area contributed by atoms with Crippen molar-refractivity contribution < 1.29 is 22.7 Å². The van der Waals surface area contributed by atoms with Crippen LogP contribution in [0.3, 0.4) is 0 Å².